The van der Waals surface area contributed by atoms with Crippen LogP contribution in [0.4, 0.5) is 4.79 Å². The van der Waals surface area contributed by atoms with Gasteiger partial charge in [-0.15, -0.1) is 0 Å². The molecule has 0 bridgehead atoms. The van der Waals surface area contributed by atoms with Crippen molar-refractivity contribution < 1.29 is 4.79 Å². The van der Waals surface area contributed by atoms with Crippen LogP contribution >= 0.6 is 11.8 Å². The number of hydrogen-bond donors (Lipinski definition) is 2. The van der Waals surface area contributed by atoms with Crippen molar-refractivity contribution in [2.75, 3.05) is 37.7 Å². The topological polar surface area (TPSA) is 44.4 Å². The number of carbonyl (C=O) groups excluding carboxylic acids is 1. The smallest absolute Gasteiger partial charge is 0.317 e. The van der Waals surface area contributed by atoms with Crippen molar-refractivity contribution in [1.29, 1.82) is 0 Å². The molecule has 1 aliphatic rings. The number of urea groups is 1. The van der Waals surface area contributed by atoms with Gasteiger partial charge in [0.25, 0.3) is 0 Å². The van der Waals surface area contributed by atoms with E-state index in [0.717, 1.165) is 31.9 Å². The summed E-state index contributed by atoms with van der Waals surface area (Å²) in [7, 11) is 0. The van der Waals surface area contributed by atoms with E-state index in [1.165, 1.54) is 5.75 Å². The van der Waals surface area contributed by atoms with Crippen molar-refractivity contribution in [1.82, 2.24) is 15.5 Å². The molecule has 2 amide bonds. The molecule has 0 aromatic heterocycles. The molecule has 15 heavy (non-hydrogen) atoms. The first-order chi connectivity index (χ1) is 7.24. The maximum absolute atomic E-state index is 11.2. The first-order valence-corrected chi connectivity index (χ1v) is 6.73. The van der Waals surface area contributed by atoms with Gasteiger partial charge in [-0.2, -0.15) is 11.8 Å². The van der Waals surface area contributed by atoms with E-state index in [-0.39, 0.29) is 6.03 Å². The Bertz CT molecular complexity index is 201. The molecule has 2 N–H and O–H groups in total. The molecule has 1 unspecified atom stereocenters. The summed E-state index contributed by atoms with van der Waals surface area (Å²) in [5.74, 6) is 2.31. The number of amides is 2. The summed E-state index contributed by atoms with van der Waals surface area (Å²) >= 11 is 1.94. The van der Waals surface area contributed by atoms with E-state index in [2.05, 4.69) is 24.5 Å². The van der Waals surface area contributed by atoms with Crippen LogP contribution in [-0.4, -0.2) is 54.7 Å². The first-order valence-electron chi connectivity index (χ1n) is 5.58. The fourth-order valence-electron chi connectivity index (χ4n) is 1.52. The van der Waals surface area contributed by atoms with Gasteiger partial charge >= 0.3 is 6.03 Å². The average molecular weight is 231 g/mol. The Morgan fingerprint density at radius 1 is 1.67 bits per heavy atom. The van der Waals surface area contributed by atoms with Crippen molar-refractivity contribution in [3.05, 3.63) is 0 Å². The molecular formula is C10H21N3OS. The molecule has 4 nitrogen and oxygen atoms in total. The minimum atomic E-state index is 0.0763. The zero-order valence-corrected chi connectivity index (χ0v) is 10.4. The van der Waals surface area contributed by atoms with Gasteiger partial charge in [0.1, 0.15) is 0 Å². The van der Waals surface area contributed by atoms with E-state index in [9.17, 15) is 4.79 Å². The molecule has 88 valence electrons. The Morgan fingerprint density at radius 2 is 2.47 bits per heavy atom. The average Bonchev–Trinajstić information content (AvgIpc) is 2.61. The third-order valence-corrected chi connectivity index (χ3v) is 3.54. The molecule has 0 saturated carbocycles. The van der Waals surface area contributed by atoms with Crippen molar-refractivity contribution >= 4 is 17.8 Å². The number of hydrogen-bond acceptors (Lipinski definition) is 3. The molecule has 0 aliphatic carbocycles. The quantitative estimate of drug-likeness (QED) is 0.679. The van der Waals surface area contributed by atoms with Crippen LogP contribution in [0.25, 0.3) is 0 Å². The summed E-state index contributed by atoms with van der Waals surface area (Å²) in [6, 6.07) is 0.605. The highest BCUT2D eigenvalue weighted by atomic mass is 32.2. The van der Waals surface area contributed by atoms with Gasteiger partial charge in [0.15, 0.2) is 0 Å². The Labute approximate surface area is 96.2 Å². The lowest BCUT2D eigenvalue weighted by molar-refractivity contribution is 0.217. The van der Waals surface area contributed by atoms with Gasteiger partial charge in [-0.3, -0.25) is 0 Å². The molecule has 0 spiro atoms. The summed E-state index contributed by atoms with van der Waals surface area (Å²) in [5, 5.41) is 6.22. The second kappa shape index (κ2) is 6.95. The van der Waals surface area contributed by atoms with Crippen LogP contribution < -0.4 is 10.6 Å². The van der Waals surface area contributed by atoms with Gasteiger partial charge in [-0.1, -0.05) is 6.92 Å². The van der Waals surface area contributed by atoms with Crippen molar-refractivity contribution in [2.24, 2.45) is 0 Å². The maximum atomic E-state index is 11.2. The zero-order chi connectivity index (χ0) is 11.1. The summed E-state index contributed by atoms with van der Waals surface area (Å²) in [5.41, 5.74) is 0. The third-order valence-electron chi connectivity index (χ3n) is 2.39. The van der Waals surface area contributed by atoms with Crippen LogP contribution in [0.1, 0.15) is 13.8 Å². The van der Waals surface area contributed by atoms with E-state index in [0.29, 0.717) is 6.04 Å². The van der Waals surface area contributed by atoms with Crippen molar-refractivity contribution in [3.8, 4) is 0 Å². The van der Waals surface area contributed by atoms with Crippen LogP contribution in [0.3, 0.4) is 0 Å². The molecule has 0 radical (unpaired) electrons. The fraction of sp³-hybridized carbons (Fsp3) is 0.900. The van der Waals surface area contributed by atoms with Crippen LogP contribution in [0.2, 0.25) is 0 Å². The number of nitrogens with zero attached hydrogens (tertiary/aromatic N) is 1. The minimum Gasteiger partial charge on any atom is -0.336 e. The second-order valence-corrected chi connectivity index (χ2v) is 5.05. The van der Waals surface area contributed by atoms with Crippen LogP contribution in [0.15, 0.2) is 0 Å². The van der Waals surface area contributed by atoms with E-state index in [4.69, 9.17) is 0 Å². The molecule has 1 rings (SSSR count). The van der Waals surface area contributed by atoms with Gasteiger partial charge in [-0.05, 0) is 12.7 Å². The molecule has 1 saturated heterocycles. The number of carbonyl (C=O) groups is 1. The molecule has 0 aromatic rings. The highest BCUT2D eigenvalue weighted by molar-refractivity contribution is 7.99. The summed E-state index contributed by atoms with van der Waals surface area (Å²) in [6.45, 7) is 7.70. The first kappa shape index (κ1) is 12.6. The molecule has 1 atom stereocenters. The predicted molar refractivity (Wildman–Crippen MR) is 65.4 cm³/mol. The molecule has 0 aromatic carbocycles. The Hall–Kier alpha value is -0.420. The summed E-state index contributed by atoms with van der Waals surface area (Å²) in [4.78, 5) is 13.1. The molecular weight excluding hydrogens is 210 g/mol. The highest BCUT2D eigenvalue weighted by Crippen LogP contribution is 2.01. The van der Waals surface area contributed by atoms with E-state index >= 15 is 0 Å². The standard InChI is InChI=1S/C10H21N3OS/c1-3-15-8-9(2)11-4-6-13-7-5-12-10(13)14/h9,11H,3-8H2,1-2H3,(H,12,14). The number of nitrogens with one attached hydrogen (secondary N) is 2. The molecule has 5 heteroatoms. The third kappa shape index (κ3) is 4.75. The molecule has 1 fully saturated rings. The lowest BCUT2D eigenvalue weighted by atomic mass is 10.4. The van der Waals surface area contributed by atoms with Gasteiger partial charge in [0, 0.05) is 38.0 Å². The Balaban J connectivity index is 2.02. The van der Waals surface area contributed by atoms with E-state index in [1.807, 2.05) is 16.7 Å². The monoisotopic (exact) mass is 231 g/mol. The van der Waals surface area contributed by atoms with Gasteiger partial charge in [0.2, 0.25) is 0 Å². The summed E-state index contributed by atoms with van der Waals surface area (Å²) < 4.78 is 0. The zero-order valence-electron chi connectivity index (χ0n) is 9.58. The predicted octanol–water partition coefficient (Wildman–Crippen LogP) is 0.743. The molecule has 1 aliphatic heterocycles. The minimum absolute atomic E-state index is 0.0763. The Kier molecular flexibility index (Phi) is 5.86. The second-order valence-electron chi connectivity index (χ2n) is 3.73. The highest BCUT2D eigenvalue weighted by Gasteiger charge is 2.18. The largest absolute Gasteiger partial charge is 0.336 e. The number of thioether (sulfide) groups is 1. The normalized spacial score (nSPS) is 18.0. The van der Waals surface area contributed by atoms with E-state index < -0.39 is 0 Å². The van der Waals surface area contributed by atoms with Gasteiger partial charge in [0.05, 0.1) is 0 Å². The van der Waals surface area contributed by atoms with E-state index in [1.54, 1.807) is 0 Å². The van der Waals surface area contributed by atoms with Crippen molar-refractivity contribution in [2.45, 2.75) is 19.9 Å². The van der Waals surface area contributed by atoms with Crippen LogP contribution in [0.5, 0.6) is 0 Å². The number of rotatable bonds is 7. The van der Waals surface area contributed by atoms with Gasteiger partial charge < -0.3 is 15.5 Å². The fourth-order valence-corrected chi connectivity index (χ4v) is 2.23. The Morgan fingerprint density at radius 3 is 3.07 bits per heavy atom. The van der Waals surface area contributed by atoms with Crippen LogP contribution in [0, 0.1) is 0 Å². The lowest BCUT2D eigenvalue weighted by Crippen LogP contribution is -2.38. The lowest BCUT2D eigenvalue weighted by Gasteiger charge is -2.17. The summed E-state index contributed by atoms with van der Waals surface area (Å²) in [6.07, 6.45) is 0. The maximum Gasteiger partial charge on any atom is 0.317 e. The SMILES string of the molecule is CCSCC(C)NCCN1CCNC1=O. The van der Waals surface area contributed by atoms with Crippen LogP contribution in [-0.2, 0) is 0 Å². The van der Waals surface area contributed by atoms with Crippen molar-refractivity contribution in [3.63, 3.8) is 0 Å². The molecule has 1 heterocycles. The van der Waals surface area contributed by atoms with Gasteiger partial charge in [-0.25, -0.2) is 4.79 Å².